The molecule has 0 amide bonds. The third kappa shape index (κ3) is 1.48. The molecular formula is C10H13NO3. The summed E-state index contributed by atoms with van der Waals surface area (Å²) >= 11 is 0. The molecule has 0 atom stereocenters. The van der Waals surface area contributed by atoms with Gasteiger partial charge in [-0.25, -0.2) is 0 Å². The second-order valence-electron chi connectivity index (χ2n) is 3.12. The fourth-order valence-corrected chi connectivity index (χ4v) is 1.51. The molecular weight excluding hydrogens is 182 g/mol. The summed E-state index contributed by atoms with van der Waals surface area (Å²) in [4.78, 5) is 0. The third-order valence-electron chi connectivity index (χ3n) is 2.14. The van der Waals surface area contributed by atoms with Crippen LogP contribution in [0.3, 0.4) is 0 Å². The fourth-order valence-electron chi connectivity index (χ4n) is 1.51. The number of phenols is 1. The molecule has 0 unspecified atom stereocenters. The Hall–Kier alpha value is -1.42. The first-order valence-electron chi connectivity index (χ1n) is 4.58. The van der Waals surface area contributed by atoms with E-state index < -0.39 is 0 Å². The predicted molar refractivity (Wildman–Crippen MR) is 51.9 cm³/mol. The highest BCUT2D eigenvalue weighted by Crippen LogP contribution is 2.38. The van der Waals surface area contributed by atoms with E-state index in [4.69, 9.17) is 9.47 Å². The highest BCUT2D eigenvalue weighted by molar-refractivity contribution is 5.53. The number of ether oxygens (including phenoxy) is 2. The van der Waals surface area contributed by atoms with Crippen LogP contribution in [-0.4, -0.2) is 25.4 Å². The quantitative estimate of drug-likeness (QED) is 0.735. The smallest absolute Gasteiger partial charge is 0.169 e. The van der Waals surface area contributed by atoms with Gasteiger partial charge in [0.15, 0.2) is 11.5 Å². The van der Waals surface area contributed by atoms with Crippen molar-refractivity contribution in [3.63, 3.8) is 0 Å². The van der Waals surface area contributed by atoms with Gasteiger partial charge in [0.05, 0.1) is 5.56 Å². The van der Waals surface area contributed by atoms with E-state index in [1.165, 1.54) is 0 Å². The lowest BCUT2D eigenvalue weighted by Crippen LogP contribution is -2.18. The molecule has 1 aromatic carbocycles. The third-order valence-corrected chi connectivity index (χ3v) is 2.14. The van der Waals surface area contributed by atoms with Crippen LogP contribution in [0.1, 0.15) is 5.56 Å². The summed E-state index contributed by atoms with van der Waals surface area (Å²) in [5.74, 6) is 1.61. The molecule has 76 valence electrons. The minimum absolute atomic E-state index is 0.239. The van der Waals surface area contributed by atoms with Gasteiger partial charge in [-0.3, -0.25) is 0 Å². The number of hydrogen-bond acceptors (Lipinski definition) is 4. The van der Waals surface area contributed by atoms with Crippen LogP contribution in [0, 0.1) is 0 Å². The lowest BCUT2D eigenvalue weighted by Gasteiger charge is -2.21. The molecule has 0 saturated carbocycles. The van der Waals surface area contributed by atoms with Gasteiger partial charge in [-0.1, -0.05) is 0 Å². The molecule has 0 radical (unpaired) electrons. The van der Waals surface area contributed by atoms with Gasteiger partial charge in [0.25, 0.3) is 0 Å². The first kappa shape index (κ1) is 9.15. The minimum atomic E-state index is 0.239. The molecule has 4 heteroatoms. The molecule has 1 aromatic rings. The van der Waals surface area contributed by atoms with Crippen LogP contribution in [0.15, 0.2) is 12.1 Å². The second-order valence-corrected chi connectivity index (χ2v) is 3.12. The Morgan fingerprint density at radius 1 is 1.36 bits per heavy atom. The van der Waals surface area contributed by atoms with Crippen molar-refractivity contribution in [2.75, 3.05) is 20.3 Å². The summed E-state index contributed by atoms with van der Waals surface area (Å²) in [5, 5.41) is 12.6. The van der Waals surface area contributed by atoms with Crippen molar-refractivity contribution in [2.45, 2.75) is 6.54 Å². The van der Waals surface area contributed by atoms with Crippen molar-refractivity contribution in [2.24, 2.45) is 0 Å². The number of aromatic hydroxyl groups is 1. The Balaban J connectivity index is 2.43. The molecule has 0 bridgehead atoms. The van der Waals surface area contributed by atoms with Crippen molar-refractivity contribution in [1.29, 1.82) is 0 Å². The Bertz CT molecular complexity index is 338. The molecule has 0 saturated heterocycles. The van der Waals surface area contributed by atoms with Gasteiger partial charge in [0.2, 0.25) is 0 Å². The minimum Gasteiger partial charge on any atom is -0.507 e. The van der Waals surface area contributed by atoms with Crippen LogP contribution in [-0.2, 0) is 6.54 Å². The van der Waals surface area contributed by atoms with Gasteiger partial charge in [0, 0.05) is 6.54 Å². The Kier molecular flexibility index (Phi) is 2.45. The molecule has 1 aliphatic rings. The fraction of sp³-hybridized carbons (Fsp3) is 0.400. The Morgan fingerprint density at radius 2 is 2.14 bits per heavy atom. The zero-order valence-electron chi connectivity index (χ0n) is 8.04. The summed E-state index contributed by atoms with van der Waals surface area (Å²) in [6, 6.07) is 3.35. The average Bonchev–Trinajstić information content (AvgIpc) is 2.23. The van der Waals surface area contributed by atoms with Gasteiger partial charge in [0.1, 0.15) is 19.0 Å². The number of benzene rings is 1. The maximum absolute atomic E-state index is 9.62. The maximum atomic E-state index is 9.62. The summed E-state index contributed by atoms with van der Waals surface area (Å²) in [5.41, 5.74) is 0.754. The van der Waals surface area contributed by atoms with Crippen LogP contribution in [0.5, 0.6) is 17.2 Å². The summed E-state index contributed by atoms with van der Waals surface area (Å²) in [7, 11) is 1.82. The number of hydrogen-bond donors (Lipinski definition) is 2. The van der Waals surface area contributed by atoms with E-state index in [0.29, 0.717) is 31.3 Å². The molecule has 0 aliphatic carbocycles. The monoisotopic (exact) mass is 195 g/mol. The molecule has 0 fully saturated rings. The first-order chi connectivity index (χ1) is 6.83. The molecule has 14 heavy (non-hydrogen) atoms. The Morgan fingerprint density at radius 3 is 2.93 bits per heavy atom. The van der Waals surface area contributed by atoms with Gasteiger partial charge < -0.3 is 19.9 Å². The highest BCUT2D eigenvalue weighted by atomic mass is 16.6. The van der Waals surface area contributed by atoms with Crippen LogP contribution in [0.25, 0.3) is 0 Å². The van der Waals surface area contributed by atoms with Crippen LogP contribution in [0.2, 0.25) is 0 Å². The topological polar surface area (TPSA) is 50.7 Å². The first-order valence-corrected chi connectivity index (χ1v) is 4.58. The number of phenolic OH excluding ortho intramolecular Hbond substituents is 1. The predicted octanol–water partition coefficient (Wildman–Crippen LogP) is 0.883. The molecule has 1 heterocycles. The lowest BCUT2D eigenvalue weighted by molar-refractivity contribution is 0.169. The SMILES string of the molecule is CNCc1c(O)ccc2c1OCCO2. The van der Waals surface area contributed by atoms with E-state index in [1.807, 2.05) is 7.05 Å². The van der Waals surface area contributed by atoms with Crippen molar-refractivity contribution in [3.05, 3.63) is 17.7 Å². The molecule has 0 aromatic heterocycles. The van der Waals surface area contributed by atoms with Crippen LogP contribution in [0.4, 0.5) is 0 Å². The van der Waals surface area contributed by atoms with Crippen LogP contribution >= 0.6 is 0 Å². The summed E-state index contributed by atoms with van der Waals surface area (Å²) < 4.78 is 10.9. The molecule has 2 N–H and O–H groups in total. The van der Waals surface area contributed by atoms with Gasteiger partial charge in [-0.2, -0.15) is 0 Å². The number of fused-ring (bicyclic) bond motifs is 1. The zero-order chi connectivity index (χ0) is 9.97. The highest BCUT2D eigenvalue weighted by Gasteiger charge is 2.18. The summed E-state index contributed by atoms with van der Waals surface area (Å²) in [6.07, 6.45) is 0. The second kappa shape index (κ2) is 3.75. The maximum Gasteiger partial charge on any atom is 0.169 e. The number of nitrogens with one attached hydrogen (secondary N) is 1. The van der Waals surface area contributed by atoms with Gasteiger partial charge in [-0.15, -0.1) is 0 Å². The molecule has 0 spiro atoms. The van der Waals surface area contributed by atoms with Crippen LogP contribution < -0.4 is 14.8 Å². The average molecular weight is 195 g/mol. The standard InChI is InChI=1S/C10H13NO3/c1-11-6-7-8(12)2-3-9-10(7)14-5-4-13-9/h2-3,11-12H,4-6H2,1H3. The van der Waals surface area contributed by atoms with Crippen molar-refractivity contribution in [1.82, 2.24) is 5.32 Å². The van der Waals surface area contributed by atoms with E-state index >= 15 is 0 Å². The van der Waals surface area contributed by atoms with E-state index in [2.05, 4.69) is 5.32 Å². The zero-order valence-corrected chi connectivity index (χ0v) is 8.04. The molecule has 2 rings (SSSR count). The normalized spacial score (nSPS) is 14.1. The van der Waals surface area contributed by atoms with Crippen molar-refractivity contribution in [3.8, 4) is 17.2 Å². The molecule has 1 aliphatic heterocycles. The van der Waals surface area contributed by atoms with Crippen molar-refractivity contribution < 1.29 is 14.6 Å². The largest absolute Gasteiger partial charge is 0.507 e. The number of rotatable bonds is 2. The Labute approximate surface area is 82.5 Å². The van der Waals surface area contributed by atoms with Gasteiger partial charge >= 0.3 is 0 Å². The molecule has 4 nitrogen and oxygen atoms in total. The van der Waals surface area contributed by atoms with Gasteiger partial charge in [-0.05, 0) is 19.2 Å². The van der Waals surface area contributed by atoms with E-state index in [0.717, 1.165) is 5.56 Å². The summed E-state index contributed by atoms with van der Waals surface area (Å²) in [6.45, 7) is 1.67. The lowest BCUT2D eigenvalue weighted by atomic mass is 10.1. The van der Waals surface area contributed by atoms with Crippen molar-refractivity contribution >= 4 is 0 Å². The van der Waals surface area contributed by atoms with E-state index in [1.54, 1.807) is 12.1 Å². The van der Waals surface area contributed by atoms with E-state index in [-0.39, 0.29) is 5.75 Å². The van der Waals surface area contributed by atoms with E-state index in [9.17, 15) is 5.11 Å².